The molecular formula is C27H37N3O4S. The standard InChI is InChI=1S/C27H37N3O4S/c1-20-15-21(2)18-30(17-20)35(32,33)26-16-23(9-10-25(26)34-3)27(31)28-24-11-13-29(14-12-24)19-22-7-5-4-6-8-22/h4-10,16,20-21,24H,11-15,17-19H2,1-3H3,(H,28,31)/t20-,21+. The van der Waals surface area contributed by atoms with Crippen molar-refractivity contribution in [3.05, 3.63) is 59.7 Å². The minimum Gasteiger partial charge on any atom is -0.495 e. The third-order valence-electron chi connectivity index (χ3n) is 7.05. The Kier molecular flexibility index (Phi) is 8.14. The normalized spacial score (nSPS) is 22.6. The maximum Gasteiger partial charge on any atom is 0.251 e. The lowest BCUT2D eigenvalue weighted by molar-refractivity contribution is 0.0908. The SMILES string of the molecule is COc1ccc(C(=O)NC2CCN(Cc3ccccc3)CC2)cc1S(=O)(=O)N1C[C@H](C)C[C@H](C)C1. The lowest BCUT2D eigenvalue weighted by Crippen LogP contribution is -2.44. The zero-order valence-corrected chi connectivity index (χ0v) is 21.8. The smallest absolute Gasteiger partial charge is 0.251 e. The Labute approximate surface area is 209 Å². The molecule has 2 aliphatic heterocycles. The van der Waals surface area contributed by atoms with Gasteiger partial charge in [-0.2, -0.15) is 4.31 Å². The zero-order valence-electron chi connectivity index (χ0n) is 20.9. The van der Waals surface area contributed by atoms with E-state index in [2.05, 4.69) is 48.3 Å². The van der Waals surface area contributed by atoms with Crippen LogP contribution in [0.4, 0.5) is 0 Å². The number of nitrogens with zero attached hydrogens (tertiary/aromatic N) is 2. The Morgan fingerprint density at radius 2 is 1.69 bits per heavy atom. The van der Waals surface area contributed by atoms with Gasteiger partial charge < -0.3 is 10.1 Å². The first-order chi connectivity index (χ1) is 16.8. The average Bonchev–Trinajstić information content (AvgIpc) is 2.85. The molecule has 2 saturated heterocycles. The van der Waals surface area contributed by atoms with Crippen LogP contribution in [-0.4, -0.2) is 62.9 Å². The van der Waals surface area contributed by atoms with Crippen molar-refractivity contribution in [1.82, 2.24) is 14.5 Å². The predicted octanol–water partition coefficient (Wildman–Crippen LogP) is 3.76. The fraction of sp³-hybridized carbons (Fsp3) is 0.519. The molecule has 4 rings (SSSR count). The third kappa shape index (κ3) is 6.23. The molecule has 2 aliphatic rings. The number of piperidine rings is 2. The van der Waals surface area contributed by atoms with E-state index in [1.54, 1.807) is 12.1 Å². The Hall–Kier alpha value is -2.42. The van der Waals surface area contributed by atoms with Crippen molar-refractivity contribution >= 4 is 15.9 Å². The van der Waals surface area contributed by atoms with Gasteiger partial charge in [0, 0.05) is 44.3 Å². The van der Waals surface area contributed by atoms with E-state index < -0.39 is 10.0 Å². The summed E-state index contributed by atoms with van der Waals surface area (Å²) in [5.41, 5.74) is 1.63. The number of hydrogen-bond acceptors (Lipinski definition) is 5. The van der Waals surface area contributed by atoms with E-state index in [1.807, 2.05) is 6.07 Å². The molecular weight excluding hydrogens is 462 g/mol. The van der Waals surface area contributed by atoms with Crippen molar-refractivity contribution in [2.75, 3.05) is 33.3 Å². The van der Waals surface area contributed by atoms with E-state index in [-0.39, 0.29) is 22.6 Å². The van der Waals surface area contributed by atoms with Gasteiger partial charge in [-0.1, -0.05) is 44.2 Å². The summed E-state index contributed by atoms with van der Waals surface area (Å²) in [5.74, 6) is 0.602. The van der Waals surface area contributed by atoms with Gasteiger partial charge >= 0.3 is 0 Å². The molecule has 0 saturated carbocycles. The Morgan fingerprint density at radius 1 is 1.03 bits per heavy atom. The lowest BCUT2D eigenvalue weighted by Gasteiger charge is -2.34. The summed E-state index contributed by atoms with van der Waals surface area (Å²) in [6.07, 6.45) is 2.74. The van der Waals surface area contributed by atoms with Gasteiger partial charge in [0.2, 0.25) is 10.0 Å². The van der Waals surface area contributed by atoms with Crippen LogP contribution in [-0.2, 0) is 16.6 Å². The largest absolute Gasteiger partial charge is 0.495 e. The monoisotopic (exact) mass is 499 g/mol. The van der Waals surface area contributed by atoms with Crippen LogP contribution in [0.2, 0.25) is 0 Å². The van der Waals surface area contributed by atoms with Crippen LogP contribution < -0.4 is 10.1 Å². The summed E-state index contributed by atoms with van der Waals surface area (Å²) in [5, 5.41) is 3.11. The zero-order chi connectivity index (χ0) is 25.0. The highest BCUT2D eigenvalue weighted by atomic mass is 32.2. The molecule has 2 heterocycles. The number of ether oxygens (including phenoxy) is 1. The highest BCUT2D eigenvalue weighted by Gasteiger charge is 2.34. The molecule has 0 aliphatic carbocycles. The highest BCUT2D eigenvalue weighted by Crippen LogP contribution is 2.32. The number of benzene rings is 2. The molecule has 2 aromatic rings. The van der Waals surface area contributed by atoms with Crippen molar-refractivity contribution in [3.8, 4) is 5.75 Å². The number of methoxy groups -OCH3 is 1. The van der Waals surface area contributed by atoms with Crippen molar-refractivity contribution in [2.24, 2.45) is 11.8 Å². The van der Waals surface area contributed by atoms with E-state index in [9.17, 15) is 13.2 Å². The second kappa shape index (κ2) is 11.1. The topological polar surface area (TPSA) is 79.0 Å². The lowest BCUT2D eigenvalue weighted by atomic mass is 9.94. The molecule has 190 valence electrons. The first-order valence-corrected chi connectivity index (χ1v) is 14.0. The summed E-state index contributed by atoms with van der Waals surface area (Å²) in [6, 6.07) is 15.2. The number of rotatable bonds is 7. The van der Waals surface area contributed by atoms with E-state index in [0.717, 1.165) is 38.9 Å². The predicted molar refractivity (Wildman–Crippen MR) is 137 cm³/mol. The summed E-state index contributed by atoms with van der Waals surface area (Å²) in [7, 11) is -2.32. The molecule has 7 nitrogen and oxygen atoms in total. The van der Waals surface area contributed by atoms with Crippen LogP contribution in [0.25, 0.3) is 0 Å². The number of amides is 1. The molecule has 2 aromatic carbocycles. The quantitative estimate of drug-likeness (QED) is 0.628. The van der Waals surface area contributed by atoms with Crippen LogP contribution in [0.1, 0.15) is 49.0 Å². The number of likely N-dealkylation sites (tertiary alicyclic amines) is 1. The van der Waals surface area contributed by atoms with Gasteiger partial charge in [0.15, 0.2) is 0 Å². The molecule has 8 heteroatoms. The van der Waals surface area contributed by atoms with E-state index in [4.69, 9.17) is 4.74 Å². The molecule has 35 heavy (non-hydrogen) atoms. The summed E-state index contributed by atoms with van der Waals surface area (Å²) >= 11 is 0. The minimum absolute atomic E-state index is 0.0617. The second-order valence-corrected chi connectivity index (χ2v) is 12.0. The van der Waals surface area contributed by atoms with Crippen molar-refractivity contribution in [3.63, 3.8) is 0 Å². The Morgan fingerprint density at radius 3 is 2.31 bits per heavy atom. The Bertz CT molecular complexity index is 1100. The van der Waals surface area contributed by atoms with Crippen molar-refractivity contribution in [1.29, 1.82) is 0 Å². The fourth-order valence-corrected chi connectivity index (χ4v) is 7.17. The van der Waals surface area contributed by atoms with Gasteiger partial charge in [0.05, 0.1) is 7.11 Å². The molecule has 0 unspecified atom stereocenters. The molecule has 1 amide bonds. The first-order valence-electron chi connectivity index (χ1n) is 12.5. The number of hydrogen-bond donors (Lipinski definition) is 1. The maximum atomic E-state index is 13.5. The number of carbonyl (C=O) groups excluding carboxylic acids is 1. The second-order valence-electron chi connectivity index (χ2n) is 10.1. The van der Waals surface area contributed by atoms with Crippen LogP contribution in [0.5, 0.6) is 5.75 Å². The fourth-order valence-electron chi connectivity index (χ4n) is 5.31. The van der Waals surface area contributed by atoms with Crippen LogP contribution >= 0.6 is 0 Å². The molecule has 0 spiro atoms. The third-order valence-corrected chi connectivity index (χ3v) is 8.90. The molecule has 2 fully saturated rings. The molecule has 1 N–H and O–H groups in total. The summed E-state index contributed by atoms with van der Waals surface area (Å²) in [6.45, 7) is 7.84. The summed E-state index contributed by atoms with van der Waals surface area (Å²) < 4.78 is 33.9. The van der Waals surface area contributed by atoms with Crippen molar-refractivity contribution in [2.45, 2.75) is 50.6 Å². The average molecular weight is 500 g/mol. The number of sulfonamides is 1. The van der Waals surface area contributed by atoms with Gasteiger partial charge in [-0.3, -0.25) is 9.69 Å². The minimum atomic E-state index is -3.78. The molecule has 2 atom stereocenters. The van der Waals surface area contributed by atoms with Gasteiger partial charge in [0.1, 0.15) is 10.6 Å². The van der Waals surface area contributed by atoms with E-state index in [1.165, 1.54) is 23.0 Å². The number of nitrogens with one attached hydrogen (secondary N) is 1. The first kappa shape index (κ1) is 25.7. The van der Waals surface area contributed by atoms with Gasteiger partial charge in [0.25, 0.3) is 5.91 Å². The van der Waals surface area contributed by atoms with Crippen LogP contribution in [0, 0.1) is 11.8 Å². The molecule has 0 radical (unpaired) electrons. The molecule has 0 bridgehead atoms. The molecule has 0 aromatic heterocycles. The van der Waals surface area contributed by atoms with Gasteiger partial charge in [-0.25, -0.2) is 8.42 Å². The van der Waals surface area contributed by atoms with Gasteiger partial charge in [-0.05, 0) is 54.9 Å². The van der Waals surface area contributed by atoms with Crippen LogP contribution in [0.15, 0.2) is 53.4 Å². The van der Waals surface area contributed by atoms with Crippen LogP contribution in [0.3, 0.4) is 0 Å². The number of carbonyl (C=O) groups is 1. The highest BCUT2D eigenvalue weighted by molar-refractivity contribution is 7.89. The van der Waals surface area contributed by atoms with E-state index >= 15 is 0 Å². The van der Waals surface area contributed by atoms with Crippen molar-refractivity contribution < 1.29 is 17.9 Å². The summed E-state index contributed by atoms with van der Waals surface area (Å²) in [4.78, 5) is 15.5. The maximum absolute atomic E-state index is 13.5. The Balaban J connectivity index is 1.42. The van der Waals surface area contributed by atoms with E-state index in [0.29, 0.717) is 30.5 Å². The van der Waals surface area contributed by atoms with Gasteiger partial charge in [-0.15, -0.1) is 0 Å².